The summed E-state index contributed by atoms with van der Waals surface area (Å²) < 4.78 is 0. The molecule has 0 nitrogen and oxygen atoms in total. The molecule has 18 heavy (non-hydrogen) atoms. The van der Waals surface area contributed by atoms with Gasteiger partial charge >= 0.3 is 0 Å². The summed E-state index contributed by atoms with van der Waals surface area (Å²) in [7, 11) is 0. The van der Waals surface area contributed by atoms with Crippen molar-refractivity contribution in [3.05, 3.63) is 41.5 Å². The van der Waals surface area contributed by atoms with E-state index in [1.54, 1.807) is 5.56 Å². The van der Waals surface area contributed by atoms with Crippen LogP contribution in [-0.4, -0.2) is 0 Å². The highest BCUT2D eigenvalue weighted by atomic mass is 14.5. The zero-order valence-corrected chi connectivity index (χ0v) is 11.8. The molecule has 1 aromatic carbocycles. The van der Waals surface area contributed by atoms with Crippen molar-refractivity contribution in [2.24, 2.45) is 17.3 Å². The van der Waals surface area contributed by atoms with E-state index in [9.17, 15) is 0 Å². The summed E-state index contributed by atoms with van der Waals surface area (Å²) in [5, 5.41) is 0. The topological polar surface area (TPSA) is 0 Å². The third-order valence-electron chi connectivity index (χ3n) is 5.37. The minimum Gasteiger partial charge on any atom is -0.0799 e. The van der Waals surface area contributed by atoms with Gasteiger partial charge in [-0.15, -0.1) is 0 Å². The summed E-state index contributed by atoms with van der Waals surface area (Å²) in [4.78, 5) is 0. The minimum atomic E-state index is 0.506. The number of allylic oxidation sites excluding steroid dienone is 1. The van der Waals surface area contributed by atoms with E-state index in [-0.39, 0.29) is 0 Å². The van der Waals surface area contributed by atoms with Crippen LogP contribution in [0.3, 0.4) is 0 Å². The molecule has 2 aliphatic rings. The Labute approximate surface area is 111 Å². The molecule has 0 amide bonds. The van der Waals surface area contributed by atoms with E-state index in [0.29, 0.717) is 5.41 Å². The molecule has 0 radical (unpaired) electrons. The van der Waals surface area contributed by atoms with Crippen molar-refractivity contribution >= 4 is 6.08 Å². The van der Waals surface area contributed by atoms with E-state index in [2.05, 4.69) is 57.2 Å². The number of fused-ring (bicyclic) bond motifs is 3. The molecule has 0 aromatic heterocycles. The fraction of sp³-hybridized carbons (Fsp3) is 0.556. The van der Waals surface area contributed by atoms with Gasteiger partial charge in [0.25, 0.3) is 0 Å². The number of hydrogen-bond acceptors (Lipinski definition) is 0. The molecule has 3 rings (SSSR count). The lowest BCUT2D eigenvalue weighted by Crippen LogP contribution is -2.38. The Kier molecular flexibility index (Phi) is 2.84. The van der Waals surface area contributed by atoms with Crippen LogP contribution in [0.4, 0.5) is 0 Å². The van der Waals surface area contributed by atoms with Crippen LogP contribution in [0.15, 0.2) is 30.3 Å². The van der Waals surface area contributed by atoms with Crippen molar-refractivity contribution in [3.8, 4) is 0 Å². The molecule has 0 heteroatoms. The summed E-state index contributed by atoms with van der Waals surface area (Å²) >= 11 is 0. The van der Waals surface area contributed by atoms with Crippen molar-refractivity contribution in [2.75, 3.05) is 0 Å². The monoisotopic (exact) mass is 240 g/mol. The first-order chi connectivity index (χ1) is 8.63. The Bertz CT molecular complexity index is 467. The van der Waals surface area contributed by atoms with Crippen molar-refractivity contribution in [3.63, 3.8) is 0 Å². The summed E-state index contributed by atoms with van der Waals surface area (Å²) in [6.45, 7) is 7.29. The molecule has 2 aliphatic carbocycles. The molecule has 0 bridgehead atoms. The van der Waals surface area contributed by atoms with Crippen LogP contribution < -0.4 is 0 Å². The summed E-state index contributed by atoms with van der Waals surface area (Å²) in [5.74, 6) is 2.36. The second-order valence-corrected chi connectivity index (χ2v) is 6.71. The summed E-state index contributed by atoms with van der Waals surface area (Å²) in [6, 6.07) is 8.98. The predicted molar refractivity (Wildman–Crippen MR) is 78.5 cm³/mol. The molecule has 1 saturated carbocycles. The summed E-state index contributed by atoms with van der Waals surface area (Å²) in [6.07, 6.45) is 8.90. The van der Waals surface area contributed by atoms with Crippen LogP contribution in [0.5, 0.6) is 0 Å². The largest absolute Gasteiger partial charge is 0.0799 e. The van der Waals surface area contributed by atoms with E-state index in [1.165, 1.54) is 24.8 Å². The van der Waals surface area contributed by atoms with E-state index >= 15 is 0 Å². The molecule has 0 heterocycles. The smallest absolute Gasteiger partial charge is 0.00899 e. The Balaban J connectivity index is 2.01. The van der Waals surface area contributed by atoms with Gasteiger partial charge in [-0.2, -0.15) is 0 Å². The molecule has 3 atom stereocenters. The second-order valence-electron chi connectivity index (χ2n) is 6.71. The number of rotatable bonds is 1. The van der Waals surface area contributed by atoms with Gasteiger partial charge in [0.2, 0.25) is 0 Å². The SMILES string of the molecule is CC[C@H]1[C@@H]2C=Cc3ccccc3[C@H]2CCC1(C)C. The molecule has 1 fully saturated rings. The highest BCUT2D eigenvalue weighted by Gasteiger charge is 2.43. The molecule has 96 valence electrons. The molecule has 0 saturated heterocycles. The number of benzene rings is 1. The van der Waals surface area contributed by atoms with Gasteiger partial charge in [0.15, 0.2) is 0 Å². The lowest BCUT2D eigenvalue weighted by molar-refractivity contribution is 0.0770. The minimum absolute atomic E-state index is 0.506. The zero-order valence-electron chi connectivity index (χ0n) is 11.8. The van der Waals surface area contributed by atoms with E-state index in [0.717, 1.165) is 17.8 Å². The van der Waals surface area contributed by atoms with Crippen molar-refractivity contribution < 1.29 is 0 Å². The highest BCUT2D eigenvalue weighted by molar-refractivity contribution is 5.58. The molecule has 0 unspecified atom stereocenters. The fourth-order valence-corrected chi connectivity index (χ4v) is 4.38. The second kappa shape index (κ2) is 4.26. The third-order valence-corrected chi connectivity index (χ3v) is 5.37. The van der Waals surface area contributed by atoms with Gasteiger partial charge < -0.3 is 0 Å². The average Bonchev–Trinajstić information content (AvgIpc) is 2.37. The highest BCUT2D eigenvalue weighted by Crippen LogP contribution is 2.54. The lowest BCUT2D eigenvalue weighted by atomic mass is 9.56. The van der Waals surface area contributed by atoms with E-state index < -0.39 is 0 Å². The Morgan fingerprint density at radius 3 is 2.78 bits per heavy atom. The first-order valence-electron chi connectivity index (χ1n) is 7.40. The van der Waals surface area contributed by atoms with E-state index in [1.807, 2.05) is 0 Å². The molecular weight excluding hydrogens is 216 g/mol. The van der Waals surface area contributed by atoms with Gasteiger partial charge in [0, 0.05) is 0 Å². The molecule has 0 N–H and O–H groups in total. The van der Waals surface area contributed by atoms with Gasteiger partial charge in [0.1, 0.15) is 0 Å². The van der Waals surface area contributed by atoms with Gasteiger partial charge in [0.05, 0.1) is 0 Å². The average molecular weight is 240 g/mol. The van der Waals surface area contributed by atoms with Gasteiger partial charge in [-0.05, 0) is 47.1 Å². The standard InChI is InChI=1S/C18H24/c1-4-17-16-10-9-13-7-5-6-8-14(13)15(16)11-12-18(17,2)3/h5-10,15-17H,4,11-12H2,1-3H3/t15-,16-,17+/m1/s1. The Hall–Kier alpha value is -1.04. The van der Waals surface area contributed by atoms with Crippen LogP contribution in [-0.2, 0) is 0 Å². The molecular formula is C18H24. The Morgan fingerprint density at radius 1 is 1.22 bits per heavy atom. The maximum absolute atomic E-state index is 2.50. The predicted octanol–water partition coefficient (Wildman–Crippen LogP) is 5.26. The molecule has 0 spiro atoms. The van der Waals surface area contributed by atoms with Crippen LogP contribution in [0.25, 0.3) is 6.08 Å². The van der Waals surface area contributed by atoms with Crippen molar-refractivity contribution in [2.45, 2.75) is 46.0 Å². The van der Waals surface area contributed by atoms with Crippen LogP contribution in [0, 0.1) is 17.3 Å². The van der Waals surface area contributed by atoms with Crippen molar-refractivity contribution in [1.29, 1.82) is 0 Å². The van der Waals surface area contributed by atoms with Crippen LogP contribution in [0.2, 0.25) is 0 Å². The van der Waals surface area contributed by atoms with Crippen LogP contribution in [0.1, 0.15) is 57.1 Å². The molecule has 1 aromatic rings. The maximum Gasteiger partial charge on any atom is -0.00899 e. The van der Waals surface area contributed by atoms with Gasteiger partial charge in [-0.25, -0.2) is 0 Å². The van der Waals surface area contributed by atoms with E-state index in [4.69, 9.17) is 0 Å². The normalized spacial score (nSPS) is 32.7. The fourth-order valence-electron chi connectivity index (χ4n) is 4.38. The van der Waals surface area contributed by atoms with Crippen molar-refractivity contribution in [1.82, 2.24) is 0 Å². The van der Waals surface area contributed by atoms with Crippen LogP contribution >= 0.6 is 0 Å². The first-order valence-corrected chi connectivity index (χ1v) is 7.40. The zero-order chi connectivity index (χ0) is 12.8. The van der Waals surface area contributed by atoms with Gasteiger partial charge in [-0.1, -0.05) is 63.6 Å². The quantitative estimate of drug-likeness (QED) is 0.628. The summed E-state index contributed by atoms with van der Waals surface area (Å²) in [5.41, 5.74) is 3.55. The maximum atomic E-state index is 2.50. The lowest BCUT2D eigenvalue weighted by Gasteiger charge is -2.48. The Morgan fingerprint density at radius 2 is 2.00 bits per heavy atom. The first kappa shape index (κ1) is 12.0. The third kappa shape index (κ3) is 1.74. The van der Waals surface area contributed by atoms with Gasteiger partial charge in [-0.3, -0.25) is 0 Å². The number of hydrogen-bond donors (Lipinski definition) is 0. The molecule has 0 aliphatic heterocycles.